The van der Waals surface area contributed by atoms with Gasteiger partial charge in [-0.05, 0) is 44.7 Å². The van der Waals surface area contributed by atoms with Gasteiger partial charge in [0.15, 0.2) is 0 Å². The summed E-state index contributed by atoms with van der Waals surface area (Å²) in [5, 5.41) is 5.59. The van der Waals surface area contributed by atoms with Crippen LogP contribution in [0.15, 0.2) is 28.3 Å². The van der Waals surface area contributed by atoms with Crippen molar-refractivity contribution in [2.24, 2.45) is 15.8 Å². The molecule has 0 spiro atoms. The molecule has 0 heterocycles. The number of nitrogens with zero attached hydrogens (tertiary/aromatic N) is 3. The maximum atomic E-state index is 12.9. The van der Waals surface area contributed by atoms with Crippen molar-refractivity contribution in [3.8, 4) is 0 Å². The van der Waals surface area contributed by atoms with Crippen molar-refractivity contribution in [1.29, 1.82) is 0 Å². The number of alkyl halides is 3. The highest BCUT2D eigenvalue weighted by atomic mass is 19.4. The molecule has 1 aromatic carbocycles. The highest BCUT2D eigenvalue weighted by Gasteiger charge is 2.32. The van der Waals surface area contributed by atoms with E-state index in [1.54, 1.807) is 11.1 Å². The third-order valence-corrected chi connectivity index (χ3v) is 2.94. The molecule has 0 aliphatic carbocycles. The van der Waals surface area contributed by atoms with Crippen molar-refractivity contribution < 1.29 is 13.2 Å². The van der Waals surface area contributed by atoms with Gasteiger partial charge in [0.25, 0.3) is 0 Å². The molecule has 1 rings (SSSR count). The molecule has 7 heteroatoms. The van der Waals surface area contributed by atoms with Gasteiger partial charge >= 0.3 is 6.18 Å². The molecule has 4 nitrogen and oxygen atoms in total. The smallest absolute Gasteiger partial charge is 0.367 e. The molecular formula is C14H19F3N4. The van der Waals surface area contributed by atoms with Crippen molar-refractivity contribution >= 4 is 12.7 Å². The SMILES string of the molecule is C=N/C(N)=N\N(Cc1ccc(C)c(C(F)(F)F)c1)C(C)C. The standard InChI is InChI=1S/C14H19F3N4/c1-9(2)21(20-13(18)19-4)8-11-6-5-10(3)12(7-11)14(15,16)17/h5-7,9H,4,8H2,1-3H3,(H2,18,20). The lowest BCUT2D eigenvalue weighted by Crippen LogP contribution is -2.28. The summed E-state index contributed by atoms with van der Waals surface area (Å²) in [7, 11) is 0. The van der Waals surface area contributed by atoms with Gasteiger partial charge in [-0.15, -0.1) is 5.10 Å². The fraction of sp³-hybridized carbons (Fsp3) is 0.429. The number of benzene rings is 1. The van der Waals surface area contributed by atoms with E-state index in [-0.39, 0.29) is 24.1 Å². The number of rotatable bonds is 4. The molecule has 0 atom stereocenters. The number of aryl methyl sites for hydroxylation is 1. The zero-order valence-corrected chi connectivity index (χ0v) is 12.3. The molecule has 116 valence electrons. The summed E-state index contributed by atoms with van der Waals surface area (Å²) in [5.74, 6) is -0.0214. The first-order valence-electron chi connectivity index (χ1n) is 6.39. The zero-order valence-electron chi connectivity index (χ0n) is 12.3. The van der Waals surface area contributed by atoms with Crippen molar-refractivity contribution in [3.05, 3.63) is 34.9 Å². The fourth-order valence-corrected chi connectivity index (χ4v) is 1.76. The fourth-order valence-electron chi connectivity index (χ4n) is 1.76. The highest BCUT2D eigenvalue weighted by Crippen LogP contribution is 2.32. The molecule has 1 aromatic rings. The number of hydrogen-bond donors (Lipinski definition) is 1. The molecule has 0 bridgehead atoms. The molecule has 21 heavy (non-hydrogen) atoms. The van der Waals surface area contributed by atoms with Crippen LogP contribution in [-0.2, 0) is 12.7 Å². The van der Waals surface area contributed by atoms with Gasteiger partial charge in [0.05, 0.1) is 12.1 Å². The molecular weight excluding hydrogens is 281 g/mol. The molecule has 2 N–H and O–H groups in total. The predicted molar refractivity (Wildman–Crippen MR) is 78.0 cm³/mol. The second-order valence-electron chi connectivity index (χ2n) is 4.95. The predicted octanol–water partition coefficient (Wildman–Crippen LogP) is 3.15. The minimum atomic E-state index is -4.37. The Morgan fingerprint density at radius 3 is 2.48 bits per heavy atom. The number of halogens is 3. The first kappa shape index (κ1) is 17.0. The topological polar surface area (TPSA) is 54.0 Å². The van der Waals surface area contributed by atoms with Crippen molar-refractivity contribution in [2.45, 2.75) is 39.5 Å². The van der Waals surface area contributed by atoms with Crippen LogP contribution in [0.5, 0.6) is 0 Å². The summed E-state index contributed by atoms with van der Waals surface area (Å²) in [6.45, 7) is 8.62. The molecule has 0 unspecified atom stereocenters. The molecule has 0 amide bonds. The van der Waals surface area contributed by atoms with Gasteiger partial charge in [-0.2, -0.15) is 13.2 Å². The van der Waals surface area contributed by atoms with Crippen molar-refractivity contribution in [2.75, 3.05) is 0 Å². The second-order valence-corrected chi connectivity index (χ2v) is 4.95. The van der Waals surface area contributed by atoms with Crippen LogP contribution in [0.3, 0.4) is 0 Å². The van der Waals surface area contributed by atoms with Gasteiger partial charge < -0.3 is 5.73 Å². The van der Waals surface area contributed by atoms with Gasteiger partial charge in [-0.25, -0.2) is 4.99 Å². The summed E-state index contributed by atoms with van der Waals surface area (Å²) in [4.78, 5) is 3.48. The Morgan fingerprint density at radius 1 is 1.38 bits per heavy atom. The maximum Gasteiger partial charge on any atom is 0.416 e. The summed E-state index contributed by atoms with van der Waals surface area (Å²) in [6.07, 6.45) is -4.37. The highest BCUT2D eigenvalue weighted by molar-refractivity contribution is 5.81. The zero-order chi connectivity index (χ0) is 16.2. The maximum absolute atomic E-state index is 12.9. The lowest BCUT2D eigenvalue weighted by Gasteiger charge is -2.24. The Kier molecular flexibility index (Phi) is 5.34. The summed E-state index contributed by atoms with van der Waals surface area (Å²) >= 11 is 0. The van der Waals surface area contributed by atoms with E-state index in [4.69, 9.17) is 5.73 Å². The first-order valence-corrected chi connectivity index (χ1v) is 6.39. The molecule has 0 fully saturated rings. The van der Waals surface area contributed by atoms with Crippen LogP contribution in [0.25, 0.3) is 0 Å². The molecule has 0 saturated carbocycles. The van der Waals surface area contributed by atoms with E-state index in [1.807, 2.05) is 13.8 Å². The van der Waals surface area contributed by atoms with Gasteiger partial charge in [0, 0.05) is 6.04 Å². The van der Waals surface area contributed by atoms with Crippen molar-refractivity contribution in [3.63, 3.8) is 0 Å². The minimum Gasteiger partial charge on any atom is -0.367 e. The average molecular weight is 300 g/mol. The van der Waals surface area contributed by atoms with Crippen LogP contribution in [0.2, 0.25) is 0 Å². The Hall–Kier alpha value is -2.05. The largest absolute Gasteiger partial charge is 0.416 e. The van der Waals surface area contributed by atoms with Crippen molar-refractivity contribution in [1.82, 2.24) is 5.01 Å². The van der Waals surface area contributed by atoms with Gasteiger partial charge in [-0.3, -0.25) is 5.01 Å². The summed E-state index contributed by atoms with van der Waals surface area (Å²) < 4.78 is 38.7. The number of aliphatic imine (C=N–C) groups is 1. The molecule has 0 aliphatic rings. The Labute approximate surface area is 122 Å². The third-order valence-electron chi connectivity index (χ3n) is 2.94. The summed E-state index contributed by atoms with van der Waals surface area (Å²) in [6, 6.07) is 4.20. The molecule has 0 aliphatic heterocycles. The van der Waals surface area contributed by atoms with Crippen LogP contribution in [0.1, 0.15) is 30.5 Å². The number of nitrogens with two attached hydrogens (primary N) is 1. The summed E-state index contributed by atoms with van der Waals surface area (Å²) in [5.41, 5.74) is 5.55. The molecule has 0 aromatic heterocycles. The second kappa shape index (κ2) is 6.60. The Morgan fingerprint density at radius 2 is 2.00 bits per heavy atom. The van der Waals surface area contributed by atoms with E-state index < -0.39 is 11.7 Å². The van der Waals surface area contributed by atoms with E-state index >= 15 is 0 Å². The van der Waals surface area contributed by atoms with E-state index in [2.05, 4.69) is 16.8 Å². The third kappa shape index (κ3) is 4.77. The van der Waals surface area contributed by atoms with Crippen LogP contribution < -0.4 is 5.73 Å². The number of guanidine groups is 1. The van der Waals surface area contributed by atoms with E-state index in [0.717, 1.165) is 6.07 Å². The Balaban J connectivity index is 3.08. The van der Waals surface area contributed by atoms with Crippen LogP contribution in [-0.4, -0.2) is 23.7 Å². The van der Waals surface area contributed by atoms with E-state index in [9.17, 15) is 13.2 Å². The lowest BCUT2D eigenvalue weighted by atomic mass is 10.0. The van der Waals surface area contributed by atoms with Gasteiger partial charge in [0.2, 0.25) is 5.96 Å². The van der Waals surface area contributed by atoms with Gasteiger partial charge in [-0.1, -0.05) is 12.1 Å². The molecule has 0 saturated heterocycles. The Bertz CT molecular complexity index is 536. The quantitative estimate of drug-likeness (QED) is 0.527. The van der Waals surface area contributed by atoms with Crippen LogP contribution in [0, 0.1) is 6.92 Å². The normalized spacial score (nSPS) is 12.6. The average Bonchev–Trinajstić information content (AvgIpc) is 2.38. The minimum absolute atomic E-state index is 0.0214. The molecule has 0 radical (unpaired) electrons. The van der Waals surface area contributed by atoms with Crippen LogP contribution >= 0.6 is 0 Å². The van der Waals surface area contributed by atoms with E-state index in [1.165, 1.54) is 13.0 Å². The first-order chi connectivity index (χ1) is 9.65. The van der Waals surface area contributed by atoms with Crippen LogP contribution in [0.4, 0.5) is 13.2 Å². The lowest BCUT2D eigenvalue weighted by molar-refractivity contribution is -0.138. The van der Waals surface area contributed by atoms with E-state index in [0.29, 0.717) is 5.56 Å². The van der Waals surface area contributed by atoms with Gasteiger partial charge in [0.1, 0.15) is 0 Å². The number of hydrogen-bond acceptors (Lipinski definition) is 2. The monoisotopic (exact) mass is 300 g/mol. The number of hydrazone groups is 1.